The molecule has 0 saturated heterocycles. The monoisotopic (exact) mass is 386 g/mol. The molecule has 0 unspecified atom stereocenters. The van der Waals surface area contributed by atoms with E-state index in [2.05, 4.69) is 15.8 Å². The lowest BCUT2D eigenvalue weighted by Gasteiger charge is -2.08. The van der Waals surface area contributed by atoms with Crippen molar-refractivity contribution in [2.75, 3.05) is 11.1 Å². The average molecular weight is 386 g/mol. The number of hydrogen-bond donors (Lipinski definition) is 3. The van der Waals surface area contributed by atoms with Crippen molar-refractivity contribution in [1.82, 2.24) is 5.43 Å². The SMILES string of the molecule is C/C(=N\NC(=O)c1ccc(NC(=O)c2ccccc2C)cc1)c1ccc(N)cc1. The van der Waals surface area contributed by atoms with Gasteiger partial charge in [0.25, 0.3) is 11.8 Å². The number of rotatable bonds is 5. The molecule has 0 aromatic heterocycles. The van der Waals surface area contributed by atoms with Crippen LogP contribution < -0.4 is 16.5 Å². The number of nitrogens with zero attached hydrogens (tertiary/aromatic N) is 1. The highest BCUT2D eigenvalue weighted by atomic mass is 16.2. The van der Waals surface area contributed by atoms with Gasteiger partial charge in [0.15, 0.2) is 0 Å². The minimum absolute atomic E-state index is 0.191. The molecule has 3 aromatic carbocycles. The number of carbonyl (C=O) groups excluding carboxylic acids is 2. The number of nitrogen functional groups attached to an aromatic ring is 1. The van der Waals surface area contributed by atoms with E-state index < -0.39 is 0 Å². The van der Waals surface area contributed by atoms with Crippen LogP contribution in [0.4, 0.5) is 11.4 Å². The Balaban J connectivity index is 1.63. The van der Waals surface area contributed by atoms with Crippen molar-refractivity contribution >= 4 is 28.9 Å². The Morgan fingerprint density at radius 3 is 2.10 bits per heavy atom. The van der Waals surface area contributed by atoms with Crippen LogP contribution in [0, 0.1) is 6.92 Å². The molecule has 29 heavy (non-hydrogen) atoms. The van der Waals surface area contributed by atoms with Crippen LogP contribution in [0.15, 0.2) is 77.9 Å². The fraction of sp³-hybridized carbons (Fsp3) is 0.0870. The minimum atomic E-state index is -0.337. The van der Waals surface area contributed by atoms with Gasteiger partial charge in [0, 0.05) is 22.5 Å². The summed E-state index contributed by atoms with van der Waals surface area (Å²) in [6, 6.07) is 21.2. The van der Waals surface area contributed by atoms with Crippen molar-refractivity contribution < 1.29 is 9.59 Å². The van der Waals surface area contributed by atoms with Gasteiger partial charge in [-0.25, -0.2) is 5.43 Å². The Morgan fingerprint density at radius 1 is 0.828 bits per heavy atom. The van der Waals surface area contributed by atoms with Gasteiger partial charge in [0.05, 0.1) is 5.71 Å². The topological polar surface area (TPSA) is 96.6 Å². The summed E-state index contributed by atoms with van der Waals surface area (Å²) in [5, 5.41) is 6.96. The van der Waals surface area contributed by atoms with Crippen LogP contribution >= 0.6 is 0 Å². The first kappa shape index (κ1) is 19.8. The molecule has 3 aromatic rings. The van der Waals surface area contributed by atoms with E-state index in [0.29, 0.717) is 28.2 Å². The number of carbonyl (C=O) groups is 2. The lowest BCUT2D eigenvalue weighted by molar-refractivity contribution is 0.0954. The highest BCUT2D eigenvalue weighted by Gasteiger charge is 2.10. The van der Waals surface area contributed by atoms with E-state index in [9.17, 15) is 9.59 Å². The molecular formula is C23H22N4O2. The van der Waals surface area contributed by atoms with Crippen LogP contribution in [0.1, 0.15) is 38.8 Å². The molecule has 3 rings (SSSR count). The molecule has 4 N–H and O–H groups in total. The summed E-state index contributed by atoms with van der Waals surface area (Å²) in [6.45, 7) is 3.69. The Morgan fingerprint density at radius 2 is 1.45 bits per heavy atom. The third-order valence-electron chi connectivity index (χ3n) is 4.45. The standard InChI is InChI=1S/C23H22N4O2/c1-15-5-3-4-6-21(15)23(29)25-20-13-9-18(10-14-20)22(28)27-26-16(2)17-7-11-19(24)12-8-17/h3-14H,24H2,1-2H3,(H,25,29)(H,27,28)/b26-16+. The smallest absolute Gasteiger partial charge is 0.271 e. The van der Waals surface area contributed by atoms with Crippen LogP contribution in [0.5, 0.6) is 0 Å². The summed E-state index contributed by atoms with van der Waals surface area (Å²) >= 11 is 0. The van der Waals surface area contributed by atoms with Gasteiger partial charge in [0.1, 0.15) is 0 Å². The largest absolute Gasteiger partial charge is 0.399 e. The van der Waals surface area contributed by atoms with Crippen molar-refractivity contribution in [3.05, 3.63) is 95.1 Å². The first-order chi connectivity index (χ1) is 13.9. The Hall–Kier alpha value is -3.93. The zero-order valence-corrected chi connectivity index (χ0v) is 16.3. The second-order valence-electron chi connectivity index (χ2n) is 6.61. The molecule has 0 atom stereocenters. The summed E-state index contributed by atoms with van der Waals surface area (Å²) in [5.41, 5.74) is 13.0. The molecule has 0 aliphatic heterocycles. The van der Waals surface area contributed by atoms with Crippen molar-refractivity contribution in [2.24, 2.45) is 5.10 Å². The first-order valence-electron chi connectivity index (χ1n) is 9.11. The Kier molecular flexibility index (Phi) is 6.04. The first-order valence-corrected chi connectivity index (χ1v) is 9.11. The molecule has 0 aliphatic carbocycles. The number of anilines is 2. The highest BCUT2D eigenvalue weighted by molar-refractivity contribution is 6.05. The fourth-order valence-corrected chi connectivity index (χ4v) is 2.72. The summed E-state index contributed by atoms with van der Waals surface area (Å²) in [4.78, 5) is 24.7. The third kappa shape index (κ3) is 5.07. The van der Waals surface area contributed by atoms with E-state index in [1.807, 2.05) is 37.3 Å². The molecule has 0 heterocycles. The van der Waals surface area contributed by atoms with Gasteiger partial charge >= 0.3 is 0 Å². The van der Waals surface area contributed by atoms with E-state index in [4.69, 9.17) is 5.73 Å². The summed E-state index contributed by atoms with van der Waals surface area (Å²) in [5.74, 6) is -0.527. The second-order valence-corrected chi connectivity index (χ2v) is 6.61. The van der Waals surface area contributed by atoms with Gasteiger partial charge in [-0.1, -0.05) is 30.3 Å². The van der Waals surface area contributed by atoms with Gasteiger partial charge in [-0.05, 0) is 67.4 Å². The third-order valence-corrected chi connectivity index (χ3v) is 4.45. The highest BCUT2D eigenvalue weighted by Crippen LogP contribution is 2.14. The number of nitrogens with one attached hydrogen (secondary N) is 2. The Labute approximate surface area is 169 Å². The zero-order valence-electron chi connectivity index (χ0n) is 16.3. The number of amides is 2. The lowest BCUT2D eigenvalue weighted by atomic mass is 10.1. The Bertz CT molecular complexity index is 1050. The molecule has 6 nitrogen and oxygen atoms in total. The number of hydrazone groups is 1. The minimum Gasteiger partial charge on any atom is -0.399 e. The summed E-state index contributed by atoms with van der Waals surface area (Å²) < 4.78 is 0. The molecule has 2 amide bonds. The van der Waals surface area contributed by atoms with Gasteiger partial charge in [-0.15, -0.1) is 0 Å². The van der Waals surface area contributed by atoms with E-state index in [1.165, 1.54) is 0 Å². The molecule has 0 radical (unpaired) electrons. The number of benzene rings is 3. The van der Waals surface area contributed by atoms with Crippen LogP contribution in [0.2, 0.25) is 0 Å². The van der Waals surface area contributed by atoms with Gasteiger partial charge in [-0.3, -0.25) is 9.59 Å². The van der Waals surface area contributed by atoms with Crippen molar-refractivity contribution in [2.45, 2.75) is 13.8 Å². The molecule has 0 aliphatic rings. The summed E-state index contributed by atoms with van der Waals surface area (Å²) in [6.07, 6.45) is 0. The van der Waals surface area contributed by atoms with Crippen LogP contribution in [0.3, 0.4) is 0 Å². The van der Waals surface area contributed by atoms with Gasteiger partial charge in [-0.2, -0.15) is 5.10 Å². The number of nitrogens with two attached hydrogens (primary N) is 1. The van der Waals surface area contributed by atoms with Crippen LogP contribution in [-0.2, 0) is 0 Å². The molecule has 0 saturated carbocycles. The maximum absolute atomic E-state index is 12.4. The zero-order chi connectivity index (χ0) is 20.8. The average Bonchev–Trinajstić information content (AvgIpc) is 2.73. The van der Waals surface area contributed by atoms with Crippen molar-refractivity contribution in [1.29, 1.82) is 0 Å². The summed E-state index contributed by atoms with van der Waals surface area (Å²) in [7, 11) is 0. The molecule has 0 bridgehead atoms. The van der Waals surface area contributed by atoms with Crippen molar-refractivity contribution in [3.8, 4) is 0 Å². The van der Waals surface area contributed by atoms with E-state index in [0.717, 1.165) is 11.1 Å². The van der Waals surface area contributed by atoms with Crippen molar-refractivity contribution in [3.63, 3.8) is 0 Å². The number of aryl methyl sites for hydroxylation is 1. The quantitative estimate of drug-likeness (QED) is 0.351. The number of hydrogen-bond acceptors (Lipinski definition) is 4. The van der Waals surface area contributed by atoms with E-state index >= 15 is 0 Å². The van der Waals surface area contributed by atoms with E-state index in [1.54, 1.807) is 49.4 Å². The molecule has 6 heteroatoms. The normalized spacial score (nSPS) is 11.0. The van der Waals surface area contributed by atoms with Crippen LogP contribution in [0.25, 0.3) is 0 Å². The predicted molar refractivity (Wildman–Crippen MR) is 116 cm³/mol. The van der Waals surface area contributed by atoms with Crippen LogP contribution in [-0.4, -0.2) is 17.5 Å². The lowest BCUT2D eigenvalue weighted by Crippen LogP contribution is -2.19. The molecule has 146 valence electrons. The fourth-order valence-electron chi connectivity index (χ4n) is 2.72. The molecule has 0 spiro atoms. The van der Waals surface area contributed by atoms with Gasteiger partial charge in [0.2, 0.25) is 0 Å². The maximum Gasteiger partial charge on any atom is 0.271 e. The molecule has 0 fully saturated rings. The second kappa shape index (κ2) is 8.84. The van der Waals surface area contributed by atoms with E-state index in [-0.39, 0.29) is 11.8 Å². The molecular weight excluding hydrogens is 364 g/mol. The van der Waals surface area contributed by atoms with Gasteiger partial charge < -0.3 is 11.1 Å². The predicted octanol–water partition coefficient (Wildman–Crippen LogP) is 3.98. The maximum atomic E-state index is 12.4.